The zero-order valence-corrected chi connectivity index (χ0v) is 18.0. The van der Waals surface area contributed by atoms with Crippen LogP contribution in [0.3, 0.4) is 0 Å². The van der Waals surface area contributed by atoms with E-state index >= 15 is 0 Å². The van der Waals surface area contributed by atoms with Crippen molar-refractivity contribution in [1.82, 2.24) is 25.8 Å². The Bertz CT molecular complexity index is 723. The second-order valence-corrected chi connectivity index (χ2v) is 8.88. The van der Waals surface area contributed by atoms with Crippen molar-refractivity contribution in [2.45, 2.75) is 76.9 Å². The van der Waals surface area contributed by atoms with Crippen LogP contribution in [-0.2, 0) is 4.79 Å². The number of aryl methyl sites for hydroxylation is 1. The SMILES string of the molecule is Cc1ncsc1C(=O)NC1CCN(C(C)C(=O)NC(=O)NC2CCCCC2)CC1. The topological polar surface area (TPSA) is 103 Å². The van der Waals surface area contributed by atoms with Crippen LogP contribution in [0.25, 0.3) is 0 Å². The fraction of sp³-hybridized carbons (Fsp3) is 0.700. The van der Waals surface area contributed by atoms with E-state index in [4.69, 9.17) is 0 Å². The van der Waals surface area contributed by atoms with Crippen LogP contribution in [-0.4, -0.2) is 58.9 Å². The van der Waals surface area contributed by atoms with Gasteiger partial charge in [-0.2, -0.15) is 0 Å². The Morgan fingerprint density at radius 3 is 2.34 bits per heavy atom. The van der Waals surface area contributed by atoms with E-state index in [1.165, 1.54) is 17.8 Å². The number of likely N-dealkylation sites (tertiary alicyclic amines) is 1. The first-order chi connectivity index (χ1) is 13.9. The number of rotatable bonds is 5. The van der Waals surface area contributed by atoms with Crippen molar-refractivity contribution in [3.63, 3.8) is 0 Å². The number of hydrogen-bond acceptors (Lipinski definition) is 6. The molecule has 1 aliphatic carbocycles. The minimum absolute atomic E-state index is 0.0753. The summed E-state index contributed by atoms with van der Waals surface area (Å²) >= 11 is 1.35. The summed E-state index contributed by atoms with van der Waals surface area (Å²) in [6.45, 7) is 5.05. The number of piperidine rings is 1. The highest BCUT2D eigenvalue weighted by Crippen LogP contribution is 2.18. The van der Waals surface area contributed by atoms with Gasteiger partial charge in [0.1, 0.15) is 4.88 Å². The molecule has 1 aliphatic heterocycles. The lowest BCUT2D eigenvalue weighted by atomic mass is 9.96. The molecule has 2 fully saturated rings. The zero-order valence-electron chi connectivity index (χ0n) is 17.2. The van der Waals surface area contributed by atoms with Gasteiger partial charge >= 0.3 is 6.03 Å². The van der Waals surface area contributed by atoms with Crippen LogP contribution in [0.5, 0.6) is 0 Å². The number of amides is 4. The molecule has 4 amide bonds. The molecule has 1 aromatic rings. The molecule has 1 unspecified atom stereocenters. The fourth-order valence-corrected chi connectivity index (χ4v) is 4.76. The summed E-state index contributed by atoms with van der Waals surface area (Å²) < 4.78 is 0. The van der Waals surface area contributed by atoms with E-state index in [9.17, 15) is 14.4 Å². The van der Waals surface area contributed by atoms with Crippen molar-refractivity contribution >= 4 is 29.2 Å². The van der Waals surface area contributed by atoms with Crippen LogP contribution in [0.1, 0.15) is 67.2 Å². The van der Waals surface area contributed by atoms with Gasteiger partial charge in [-0.05, 0) is 39.5 Å². The Morgan fingerprint density at radius 1 is 1.07 bits per heavy atom. The number of urea groups is 1. The minimum Gasteiger partial charge on any atom is -0.348 e. The number of carbonyl (C=O) groups excluding carboxylic acids is 3. The summed E-state index contributed by atoms with van der Waals surface area (Å²) in [6, 6.07) is -0.512. The van der Waals surface area contributed by atoms with Crippen LogP contribution in [0.4, 0.5) is 4.79 Å². The van der Waals surface area contributed by atoms with Gasteiger partial charge in [0.15, 0.2) is 0 Å². The maximum atomic E-state index is 12.5. The molecule has 9 heteroatoms. The second kappa shape index (κ2) is 10.2. The van der Waals surface area contributed by atoms with Gasteiger partial charge in [-0.15, -0.1) is 11.3 Å². The lowest BCUT2D eigenvalue weighted by Crippen LogP contribution is -2.54. The summed E-state index contributed by atoms with van der Waals surface area (Å²) in [5.41, 5.74) is 2.43. The number of carbonyl (C=O) groups is 3. The lowest BCUT2D eigenvalue weighted by Gasteiger charge is -2.35. The molecule has 0 aromatic carbocycles. The van der Waals surface area contributed by atoms with Gasteiger partial charge in [-0.3, -0.25) is 19.8 Å². The number of thiazole rings is 1. The van der Waals surface area contributed by atoms with Crippen molar-refractivity contribution in [1.29, 1.82) is 0 Å². The van der Waals surface area contributed by atoms with Gasteiger partial charge < -0.3 is 10.6 Å². The summed E-state index contributed by atoms with van der Waals surface area (Å²) in [5, 5.41) is 8.47. The first-order valence-corrected chi connectivity index (χ1v) is 11.4. The number of hydrogen-bond donors (Lipinski definition) is 3. The number of imide groups is 1. The highest BCUT2D eigenvalue weighted by Gasteiger charge is 2.29. The monoisotopic (exact) mass is 421 g/mol. The molecule has 2 heterocycles. The molecule has 0 radical (unpaired) electrons. The summed E-state index contributed by atoms with van der Waals surface area (Å²) in [5.74, 6) is -0.352. The van der Waals surface area contributed by atoms with Crippen LogP contribution in [0.2, 0.25) is 0 Å². The fourth-order valence-electron chi connectivity index (χ4n) is 4.05. The molecule has 29 heavy (non-hydrogen) atoms. The summed E-state index contributed by atoms with van der Waals surface area (Å²) in [7, 11) is 0. The molecule has 1 aromatic heterocycles. The third-order valence-corrected chi connectivity index (χ3v) is 6.85. The van der Waals surface area contributed by atoms with E-state index in [2.05, 4.69) is 25.8 Å². The predicted molar refractivity (Wildman–Crippen MR) is 112 cm³/mol. The Morgan fingerprint density at radius 2 is 1.72 bits per heavy atom. The minimum atomic E-state index is -0.393. The van der Waals surface area contributed by atoms with E-state index < -0.39 is 6.03 Å². The van der Waals surface area contributed by atoms with Gasteiger partial charge in [-0.1, -0.05) is 19.3 Å². The van der Waals surface area contributed by atoms with Crippen molar-refractivity contribution in [2.75, 3.05) is 13.1 Å². The molecule has 0 spiro atoms. The third kappa shape index (κ3) is 5.99. The van der Waals surface area contributed by atoms with E-state index in [0.717, 1.165) is 44.2 Å². The predicted octanol–water partition coefficient (Wildman–Crippen LogP) is 2.19. The molecule has 0 bridgehead atoms. The van der Waals surface area contributed by atoms with E-state index in [-0.39, 0.29) is 29.9 Å². The molecule has 3 N–H and O–H groups in total. The molecule has 1 saturated carbocycles. The van der Waals surface area contributed by atoms with Crippen LogP contribution in [0, 0.1) is 6.92 Å². The van der Waals surface area contributed by atoms with Crippen molar-refractivity contribution in [3.8, 4) is 0 Å². The highest BCUT2D eigenvalue weighted by atomic mass is 32.1. The van der Waals surface area contributed by atoms with Crippen molar-refractivity contribution in [3.05, 3.63) is 16.1 Å². The highest BCUT2D eigenvalue weighted by molar-refractivity contribution is 7.11. The molecular weight excluding hydrogens is 390 g/mol. The molecule has 160 valence electrons. The van der Waals surface area contributed by atoms with E-state index in [1.807, 2.05) is 13.8 Å². The first kappa shape index (κ1) is 21.7. The molecule has 2 aliphatic rings. The van der Waals surface area contributed by atoms with Gasteiger partial charge in [0.05, 0.1) is 17.2 Å². The molecule has 1 atom stereocenters. The normalized spacial score (nSPS) is 20.1. The Hall–Kier alpha value is -2.00. The van der Waals surface area contributed by atoms with Crippen LogP contribution < -0.4 is 16.0 Å². The largest absolute Gasteiger partial charge is 0.348 e. The molecule has 8 nitrogen and oxygen atoms in total. The first-order valence-electron chi connectivity index (χ1n) is 10.5. The third-order valence-electron chi connectivity index (χ3n) is 5.92. The smallest absolute Gasteiger partial charge is 0.321 e. The zero-order chi connectivity index (χ0) is 20.8. The quantitative estimate of drug-likeness (QED) is 0.676. The van der Waals surface area contributed by atoms with Crippen molar-refractivity contribution < 1.29 is 14.4 Å². The van der Waals surface area contributed by atoms with Gasteiger partial charge in [-0.25, -0.2) is 9.78 Å². The Labute approximate surface area is 175 Å². The summed E-state index contributed by atoms with van der Waals surface area (Å²) in [6.07, 6.45) is 6.99. The van der Waals surface area contributed by atoms with Crippen molar-refractivity contribution in [2.24, 2.45) is 0 Å². The van der Waals surface area contributed by atoms with Crippen LogP contribution in [0.15, 0.2) is 5.51 Å². The second-order valence-electron chi connectivity index (χ2n) is 8.02. The Kier molecular flexibility index (Phi) is 7.60. The molecular formula is C20H31N5O3S. The Balaban J connectivity index is 1.40. The number of nitrogens with one attached hydrogen (secondary N) is 3. The maximum Gasteiger partial charge on any atom is 0.321 e. The molecule has 1 saturated heterocycles. The average Bonchev–Trinajstić information content (AvgIpc) is 3.14. The van der Waals surface area contributed by atoms with E-state index in [0.29, 0.717) is 18.0 Å². The number of nitrogens with zero attached hydrogens (tertiary/aromatic N) is 2. The molecule has 3 rings (SSSR count). The average molecular weight is 422 g/mol. The van der Waals surface area contributed by atoms with Gasteiger partial charge in [0.2, 0.25) is 5.91 Å². The van der Waals surface area contributed by atoms with E-state index in [1.54, 1.807) is 5.51 Å². The van der Waals surface area contributed by atoms with Crippen LogP contribution >= 0.6 is 11.3 Å². The van der Waals surface area contributed by atoms with Gasteiger partial charge in [0.25, 0.3) is 5.91 Å². The maximum absolute atomic E-state index is 12.5. The van der Waals surface area contributed by atoms with Gasteiger partial charge in [0, 0.05) is 25.2 Å². The summed E-state index contributed by atoms with van der Waals surface area (Å²) in [4.78, 5) is 43.7. The lowest BCUT2D eigenvalue weighted by molar-refractivity contribution is -0.125. The number of aromatic nitrogens is 1. The standard InChI is InChI=1S/C20H31N5O3S/c1-13-17(29-12-21-13)19(27)22-16-8-10-25(11-9-16)14(2)18(26)24-20(28)23-15-6-4-3-5-7-15/h12,14-16H,3-11H2,1-2H3,(H,22,27)(H2,23,24,26,28).